The van der Waals surface area contributed by atoms with Crippen molar-refractivity contribution in [3.05, 3.63) is 211 Å². The van der Waals surface area contributed by atoms with Gasteiger partial charge in [-0.3, -0.25) is 4.98 Å². The Bertz CT molecular complexity index is 4260. The zero-order valence-electron chi connectivity index (χ0n) is 34.7. The van der Waals surface area contributed by atoms with Crippen LogP contribution in [0.4, 0.5) is 0 Å². The minimum Gasteiger partial charge on any atom is -0.309 e. The second-order valence-corrected chi connectivity index (χ2v) is 19.9. The van der Waals surface area contributed by atoms with E-state index in [1.807, 2.05) is 35.1 Å². The number of pyridine rings is 1. The van der Waals surface area contributed by atoms with Crippen LogP contribution in [0.2, 0.25) is 0 Å². The van der Waals surface area contributed by atoms with Gasteiger partial charge in [-0.15, -0.1) is 22.7 Å². The minimum atomic E-state index is 1.05. The number of halogens is 1. The third-order valence-corrected chi connectivity index (χ3v) is 16.1. The second-order valence-electron chi connectivity index (χ2n) is 16.9. The molecule has 0 aliphatic carbocycles. The number of fused-ring (bicyclic) bond motifs is 12. The van der Waals surface area contributed by atoms with Crippen molar-refractivity contribution in [3.63, 3.8) is 0 Å². The Kier molecular flexibility index (Phi) is 8.17. The molecule has 0 unspecified atom stereocenters. The van der Waals surface area contributed by atoms with Crippen molar-refractivity contribution in [3.8, 4) is 44.8 Å². The van der Waals surface area contributed by atoms with Gasteiger partial charge in [0, 0.05) is 73.5 Å². The van der Waals surface area contributed by atoms with Crippen molar-refractivity contribution in [1.29, 1.82) is 0 Å². The Hall–Kier alpha value is -7.35. The van der Waals surface area contributed by atoms with Crippen LogP contribution in [0.5, 0.6) is 0 Å². The highest BCUT2D eigenvalue weighted by Gasteiger charge is 2.19. The summed E-state index contributed by atoms with van der Waals surface area (Å²) in [7, 11) is 0. The highest BCUT2D eigenvalue weighted by molar-refractivity contribution is 9.10. The molecular formula is C59H34BrN3S2. The van der Waals surface area contributed by atoms with Gasteiger partial charge in [-0.05, 0) is 118 Å². The molecule has 0 saturated carbocycles. The Morgan fingerprint density at radius 2 is 0.846 bits per heavy atom. The lowest BCUT2D eigenvalue weighted by atomic mass is 9.97. The SMILES string of the molecule is Brc1cc(-c2ccc3c(c2)c2ccccc2n3-c2ccc(-c3ccc4c(c3)sc3ccccc34)cc2)cc(-c2ccc3c(c2)c2ccccc2n3-c2cncc3c2sc2ccccc23)c1. The number of hydrogen-bond donors (Lipinski definition) is 0. The first-order valence-electron chi connectivity index (χ1n) is 21.8. The lowest BCUT2D eigenvalue weighted by Crippen LogP contribution is -1.95. The van der Waals surface area contributed by atoms with Crippen molar-refractivity contribution < 1.29 is 0 Å². The maximum absolute atomic E-state index is 4.78. The first-order chi connectivity index (χ1) is 32.1. The number of aromatic nitrogens is 3. The van der Waals surface area contributed by atoms with Crippen molar-refractivity contribution >= 4 is 123 Å². The molecule has 14 aromatic rings. The maximum atomic E-state index is 4.78. The fraction of sp³-hybridized carbons (Fsp3) is 0. The van der Waals surface area contributed by atoms with Gasteiger partial charge in [-0.2, -0.15) is 0 Å². The van der Waals surface area contributed by atoms with Crippen LogP contribution >= 0.6 is 38.6 Å². The van der Waals surface area contributed by atoms with E-state index in [1.165, 1.54) is 106 Å². The van der Waals surface area contributed by atoms with Crippen molar-refractivity contribution in [2.24, 2.45) is 0 Å². The van der Waals surface area contributed by atoms with Crippen LogP contribution in [0, 0.1) is 0 Å². The topological polar surface area (TPSA) is 22.8 Å². The van der Waals surface area contributed by atoms with Crippen LogP contribution < -0.4 is 0 Å². The summed E-state index contributed by atoms with van der Waals surface area (Å²) < 4.78 is 11.0. The van der Waals surface area contributed by atoms with E-state index >= 15 is 0 Å². The van der Waals surface area contributed by atoms with Crippen molar-refractivity contribution in [2.75, 3.05) is 0 Å². The lowest BCUT2D eigenvalue weighted by Gasteiger charge is -2.11. The Balaban J connectivity index is 0.848. The number of nitrogens with zero attached hydrogens (tertiary/aromatic N) is 3. The van der Waals surface area contributed by atoms with E-state index in [-0.39, 0.29) is 0 Å². The monoisotopic (exact) mass is 927 g/mol. The summed E-state index contributed by atoms with van der Waals surface area (Å²) in [5.74, 6) is 0. The van der Waals surface area contributed by atoms with E-state index in [4.69, 9.17) is 4.98 Å². The maximum Gasteiger partial charge on any atom is 0.0825 e. The molecule has 0 spiro atoms. The third kappa shape index (κ3) is 5.74. The zero-order valence-corrected chi connectivity index (χ0v) is 37.9. The van der Waals surface area contributed by atoms with Gasteiger partial charge < -0.3 is 9.13 Å². The second kappa shape index (κ2) is 14.3. The van der Waals surface area contributed by atoms with E-state index in [0.717, 1.165) is 27.0 Å². The molecule has 0 saturated heterocycles. The normalized spacial score (nSPS) is 12.1. The van der Waals surface area contributed by atoms with Gasteiger partial charge in [0.2, 0.25) is 0 Å². The molecule has 0 aliphatic heterocycles. The third-order valence-electron chi connectivity index (χ3n) is 13.3. The van der Waals surface area contributed by atoms with Crippen molar-refractivity contribution in [2.45, 2.75) is 0 Å². The number of thiophene rings is 2. The summed E-state index contributed by atoms with van der Waals surface area (Å²) in [5.41, 5.74) is 14.1. The van der Waals surface area contributed by atoms with E-state index < -0.39 is 0 Å². The number of hydrogen-bond acceptors (Lipinski definition) is 3. The van der Waals surface area contributed by atoms with Crippen molar-refractivity contribution in [1.82, 2.24) is 14.1 Å². The molecule has 9 aromatic carbocycles. The predicted molar refractivity (Wildman–Crippen MR) is 283 cm³/mol. The molecule has 0 radical (unpaired) electrons. The average Bonchev–Trinajstić information content (AvgIpc) is 4.11. The van der Waals surface area contributed by atoms with Gasteiger partial charge in [0.05, 0.1) is 38.7 Å². The van der Waals surface area contributed by atoms with E-state index in [1.54, 1.807) is 0 Å². The summed E-state index contributed by atoms with van der Waals surface area (Å²) in [5, 5.41) is 10.0. The van der Waals surface area contributed by atoms with Crippen LogP contribution in [0.1, 0.15) is 0 Å². The molecule has 0 aliphatic rings. The van der Waals surface area contributed by atoms with E-state index in [9.17, 15) is 0 Å². The van der Waals surface area contributed by atoms with Gasteiger partial charge in [-0.25, -0.2) is 0 Å². The predicted octanol–water partition coefficient (Wildman–Crippen LogP) is 17.8. The summed E-state index contributed by atoms with van der Waals surface area (Å²) in [4.78, 5) is 4.78. The molecule has 0 N–H and O–H groups in total. The van der Waals surface area contributed by atoms with Crippen LogP contribution in [-0.2, 0) is 0 Å². The molecule has 0 bridgehead atoms. The molecule has 0 fully saturated rings. The average molecular weight is 929 g/mol. The zero-order chi connectivity index (χ0) is 42.8. The summed E-state index contributed by atoms with van der Waals surface area (Å²) >= 11 is 7.63. The smallest absolute Gasteiger partial charge is 0.0825 e. The van der Waals surface area contributed by atoms with Gasteiger partial charge >= 0.3 is 0 Å². The Morgan fingerprint density at radius 1 is 0.338 bits per heavy atom. The van der Waals surface area contributed by atoms with Gasteiger partial charge in [0.1, 0.15) is 0 Å². The van der Waals surface area contributed by atoms with Gasteiger partial charge in [0.15, 0.2) is 0 Å². The quantitative estimate of drug-likeness (QED) is 0.169. The fourth-order valence-corrected chi connectivity index (χ4v) is 13.1. The van der Waals surface area contributed by atoms with Crippen LogP contribution in [0.3, 0.4) is 0 Å². The van der Waals surface area contributed by atoms with Crippen LogP contribution in [0.25, 0.3) is 129 Å². The minimum absolute atomic E-state index is 1.05. The number of benzene rings is 9. The Morgan fingerprint density at radius 3 is 1.54 bits per heavy atom. The first kappa shape index (κ1) is 37.1. The summed E-state index contributed by atoms with van der Waals surface area (Å²) in [6.07, 6.45) is 4.04. The molecule has 3 nitrogen and oxygen atoms in total. The molecule has 6 heteroatoms. The summed E-state index contributed by atoms with van der Waals surface area (Å²) in [6, 6.07) is 71.5. The molecule has 65 heavy (non-hydrogen) atoms. The molecule has 0 amide bonds. The van der Waals surface area contributed by atoms with Crippen LogP contribution in [-0.4, -0.2) is 14.1 Å². The molecule has 5 heterocycles. The molecule has 304 valence electrons. The molecule has 0 atom stereocenters. The molecule has 14 rings (SSSR count). The largest absolute Gasteiger partial charge is 0.309 e. The Labute approximate surface area is 389 Å². The lowest BCUT2D eigenvalue weighted by molar-refractivity contribution is 1.17. The highest BCUT2D eigenvalue weighted by atomic mass is 79.9. The molecule has 5 aromatic heterocycles. The number of rotatable bonds is 5. The molecular weight excluding hydrogens is 895 g/mol. The van der Waals surface area contributed by atoms with E-state index in [0.29, 0.717) is 0 Å². The highest BCUT2D eigenvalue weighted by Crippen LogP contribution is 2.43. The van der Waals surface area contributed by atoms with E-state index in [2.05, 4.69) is 219 Å². The van der Waals surface area contributed by atoms with Gasteiger partial charge in [-0.1, -0.05) is 125 Å². The number of para-hydroxylation sites is 2. The van der Waals surface area contributed by atoms with Gasteiger partial charge in [0.25, 0.3) is 0 Å². The summed E-state index contributed by atoms with van der Waals surface area (Å²) in [6.45, 7) is 0. The fourth-order valence-electron chi connectivity index (χ4n) is 10.3. The first-order valence-corrected chi connectivity index (χ1v) is 24.2. The standard InChI is InChI=1S/C59H34BrN3S2/c60-41-28-39(27-40(29-41)37-21-26-54-49(31-37)44-10-2-6-14-52(44)63(54)55-34-61-33-50-46-12-4-8-16-57(46)65-59(50)55)36-20-25-53-48(30-36)43-9-1-5-13-51(43)62(53)42-22-17-35(18-23-42)38-19-24-47-45-11-3-7-15-56(45)64-58(47)32-38/h1-34H. The van der Waals surface area contributed by atoms with Crippen LogP contribution in [0.15, 0.2) is 211 Å².